The molecule has 1 amide bonds. The van der Waals surface area contributed by atoms with Crippen LogP contribution in [0, 0.1) is 13.8 Å². The van der Waals surface area contributed by atoms with Crippen LogP contribution in [0.2, 0.25) is 0 Å². The van der Waals surface area contributed by atoms with Crippen LogP contribution < -0.4 is 11.3 Å². The van der Waals surface area contributed by atoms with Gasteiger partial charge in [-0.2, -0.15) is 0 Å². The van der Waals surface area contributed by atoms with Crippen molar-refractivity contribution in [2.24, 2.45) is 5.73 Å². The lowest BCUT2D eigenvalue weighted by atomic mass is 10.0. The molecule has 0 atom stereocenters. The SMILES string of the molecule is Cc1ccn(Cc2ccc(C(N)=O)cc2C)c(=O)c1. The van der Waals surface area contributed by atoms with Crippen molar-refractivity contribution in [1.29, 1.82) is 0 Å². The van der Waals surface area contributed by atoms with E-state index in [-0.39, 0.29) is 5.56 Å². The first-order valence-corrected chi connectivity index (χ1v) is 6.04. The average molecular weight is 256 g/mol. The normalized spacial score (nSPS) is 10.4. The molecule has 0 saturated carbocycles. The fourth-order valence-electron chi connectivity index (χ4n) is 1.95. The molecule has 0 fully saturated rings. The van der Waals surface area contributed by atoms with Crippen LogP contribution in [0.15, 0.2) is 41.3 Å². The van der Waals surface area contributed by atoms with Crippen LogP contribution in [-0.2, 0) is 6.54 Å². The summed E-state index contributed by atoms with van der Waals surface area (Å²) in [6.07, 6.45) is 1.78. The fraction of sp³-hybridized carbons (Fsp3) is 0.200. The number of carbonyl (C=O) groups excluding carboxylic acids is 1. The van der Waals surface area contributed by atoms with Crippen LogP contribution in [0.25, 0.3) is 0 Å². The van der Waals surface area contributed by atoms with Crippen molar-refractivity contribution in [2.75, 3.05) is 0 Å². The van der Waals surface area contributed by atoms with Crippen molar-refractivity contribution < 1.29 is 4.79 Å². The number of nitrogens with two attached hydrogens (primary N) is 1. The molecule has 0 radical (unpaired) electrons. The maximum Gasteiger partial charge on any atom is 0.251 e. The van der Waals surface area contributed by atoms with Gasteiger partial charge in [0.25, 0.3) is 5.56 Å². The molecule has 0 aliphatic heterocycles. The molecule has 0 aliphatic carbocycles. The molecule has 4 nitrogen and oxygen atoms in total. The molecule has 2 aromatic rings. The molecule has 0 aliphatic rings. The van der Waals surface area contributed by atoms with E-state index in [4.69, 9.17) is 5.73 Å². The van der Waals surface area contributed by atoms with Gasteiger partial charge in [0.1, 0.15) is 0 Å². The molecule has 2 N–H and O–H groups in total. The zero-order valence-electron chi connectivity index (χ0n) is 11.0. The number of benzene rings is 1. The van der Waals surface area contributed by atoms with Crippen LogP contribution in [0.1, 0.15) is 27.0 Å². The lowest BCUT2D eigenvalue weighted by Gasteiger charge is -2.10. The predicted octanol–water partition coefficient (Wildman–Crippen LogP) is 1.61. The van der Waals surface area contributed by atoms with Gasteiger partial charge < -0.3 is 10.3 Å². The maximum absolute atomic E-state index is 11.8. The average Bonchev–Trinajstić information content (AvgIpc) is 2.34. The summed E-state index contributed by atoms with van der Waals surface area (Å²) in [5.74, 6) is -0.442. The molecular formula is C15H16N2O2. The highest BCUT2D eigenvalue weighted by Crippen LogP contribution is 2.12. The lowest BCUT2D eigenvalue weighted by Crippen LogP contribution is -2.20. The van der Waals surface area contributed by atoms with Crippen LogP contribution in [0.4, 0.5) is 0 Å². The van der Waals surface area contributed by atoms with Gasteiger partial charge in [-0.1, -0.05) is 6.07 Å². The number of aromatic nitrogens is 1. The van der Waals surface area contributed by atoms with Gasteiger partial charge in [0.15, 0.2) is 0 Å². The summed E-state index contributed by atoms with van der Waals surface area (Å²) in [4.78, 5) is 22.9. The van der Waals surface area contributed by atoms with Gasteiger partial charge in [-0.3, -0.25) is 9.59 Å². The molecule has 0 bridgehead atoms. The van der Waals surface area contributed by atoms with E-state index in [9.17, 15) is 9.59 Å². The maximum atomic E-state index is 11.8. The van der Waals surface area contributed by atoms with E-state index in [1.165, 1.54) is 0 Å². The first-order chi connectivity index (χ1) is 8.97. The summed E-state index contributed by atoms with van der Waals surface area (Å²) in [6, 6.07) is 8.77. The molecule has 98 valence electrons. The number of hydrogen-bond donors (Lipinski definition) is 1. The molecule has 0 saturated heterocycles. The highest BCUT2D eigenvalue weighted by Gasteiger charge is 2.05. The Hall–Kier alpha value is -2.36. The van der Waals surface area contributed by atoms with Crippen molar-refractivity contribution in [3.8, 4) is 0 Å². The monoisotopic (exact) mass is 256 g/mol. The highest BCUT2D eigenvalue weighted by molar-refractivity contribution is 5.93. The number of carbonyl (C=O) groups is 1. The zero-order valence-corrected chi connectivity index (χ0v) is 11.0. The minimum absolute atomic E-state index is 0.0293. The van der Waals surface area contributed by atoms with Gasteiger partial charge in [-0.05, 0) is 48.7 Å². The number of pyridine rings is 1. The van der Waals surface area contributed by atoms with Crippen LogP contribution in [0.5, 0.6) is 0 Å². The summed E-state index contributed by atoms with van der Waals surface area (Å²) in [6.45, 7) is 4.28. The van der Waals surface area contributed by atoms with Crippen molar-refractivity contribution >= 4 is 5.91 Å². The number of aryl methyl sites for hydroxylation is 2. The Kier molecular flexibility index (Phi) is 3.51. The Morgan fingerprint density at radius 3 is 2.53 bits per heavy atom. The third-order valence-corrected chi connectivity index (χ3v) is 3.12. The largest absolute Gasteiger partial charge is 0.366 e. The number of hydrogen-bond acceptors (Lipinski definition) is 2. The smallest absolute Gasteiger partial charge is 0.251 e. The number of rotatable bonds is 3. The summed E-state index contributed by atoms with van der Waals surface area (Å²) >= 11 is 0. The van der Waals surface area contributed by atoms with E-state index in [0.717, 1.165) is 16.7 Å². The Bertz CT molecular complexity index is 687. The van der Waals surface area contributed by atoms with Gasteiger partial charge in [0.2, 0.25) is 5.91 Å². The Labute approximate surface area is 111 Å². The molecular weight excluding hydrogens is 240 g/mol. The molecule has 1 aromatic carbocycles. The van der Waals surface area contributed by atoms with E-state index in [1.807, 2.05) is 26.0 Å². The number of amides is 1. The van der Waals surface area contributed by atoms with E-state index < -0.39 is 5.91 Å². The third-order valence-electron chi connectivity index (χ3n) is 3.12. The van der Waals surface area contributed by atoms with E-state index >= 15 is 0 Å². The molecule has 0 spiro atoms. The molecule has 1 aromatic heterocycles. The van der Waals surface area contributed by atoms with Gasteiger partial charge >= 0.3 is 0 Å². The van der Waals surface area contributed by atoms with Crippen LogP contribution in [-0.4, -0.2) is 10.5 Å². The van der Waals surface area contributed by atoms with Crippen molar-refractivity contribution in [2.45, 2.75) is 20.4 Å². The van der Waals surface area contributed by atoms with Crippen LogP contribution in [0.3, 0.4) is 0 Å². The number of primary amides is 1. The van der Waals surface area contributed by atoms with Gasteiger partial charge in [0, 0.05) is 17.8 Å². The van der Waals surface area contributed by atoms with Crippen molar-refractivity contribution in [3.05, 3.63) is 69.1 Å². The second-order valence-electron chi connectivity index (χ2n) is 4.68. The molecule has 4 heteroatoms. The zero-order chi connectivity index (χ0) is 14.0. The lowest BCUT2D eigenvalue weighted by molar-refractivity contribution is 0.1000. The quantitative estimate of drug-likeness (QED) is 0.906. The third kappa shape index (κ3) is 2.91. The Morgan fingerprint density at radius 1 is 1.21 bits per heavy atom. The van der Waals surface area contributed by atoms with Gasteiger partial charge in [-0.15, -0.1) is 0 Å². The van der Waals surface area contributed by atoms with Gasteiger partial charge in [-0.25, -0.2) is 0 Å². The summed E-state index contributed by atoms with van der Waals surface area (Å²) in [5.41, 5.74) is 8.58. The first-order valence-electron chi connectivity index (χ1n) is 6.04. The molecule has 1 heterocycles. The topological polar surface area (TPSA) is 65.1 Å². The summed E-state index contributed by atoms with van der Waals surface area (Å²) in [5, 5.41) is 0. The standard InChI is InChI=1S/C15H16N2O2/c1-10-5-6-17(14(18)7-10)9-13-4-3-12(15(16)19)8-11(13)2/h3-8H,9H2,1-2H3,(H2,16,19). The predicted molar refractivity (Wildman–Crippen MR) is 74.2 cm³/mol. The molecule has 19 heavy (non-hydrogen) atoms. The molecule has 0 unspecified atom stereocenters. The Balaban J connectivity index is 2.33. The van der Waals surface area contributed by atoms with E-state index in [1.54, 1.807) is 29.0 Å². The highest BCUT2D eigenvalue weighted by atomic mass is 16.1. The van der Waals surface area contributed by atoms with Gasteiger partial charge in [0.05, 0.1) is 6.54 Å². The first kappa shape index (κ1) is 13.1. The van der Waals surface area contributed by atoms with Crippen molar-refractivity contribution in [3.63, 3.8) is 0 Å². The summed E-state index contributed by atoms with van der Waals surface area (Å²) < 4.78 is 1.64. The summed E-state index contributed by atoms with van der Waals surface area (Å²) in [7, 11) is 0. The minimum Gasteiger partial charge on any atom is -0.366 e. The van der Waals surface area contributed by atoms with Crippen molar-refractivity contribution in [1.82, 2.24) is 4.57 Å². The molecule has 2 rings (SSSR count). The van der Waals surface area contributed by atoms with E-state index in [2.05, 4.69) is 0 Å². The fourth-order valence-corrected chi connectivity index (χ4v) is 1.95. The number of nitrogens with zero attached hydrogens (tertiary/aromatic N) is 1. The van der Waals surface area contributed by atoms with E-state index in [0.29, 0.717) is 12.1 Å². The minimum atomic E-state index is -0.442. The Morgan fingerprint density at radius 2 is 1.95 bits per heavy atom. The second kappa shape index (κ2) is 5.10. The second-order valence-corrected chi connectivity index (χ2v) is 4.68. The van der Waals surface area contributed by atoms with Crippen LogP contribution >= 0.6 is 0 Å².